The lowest BCUT2D eigenvalue weighted by molar-refractivity contribution is 0.188. The highest BCUT2D eigenvalue weighted by Gasteiger charge is 2.17. The summed E-state index contributed by atoms with van der Waals surface area (Å²) >= 11 is 0. The number of nitrogens with two attached hydrogens (primary N) is 1. The number of nitrogen functional groups attached to an aromatic ring is 1. The second-order valence-corrected chi connectivity index (χ2v) is 4.61. The molecule has 1 aromatic rings. The highest BCUT2D eigenvalue weighted by atomic mass is 19.1. The molecule has 5 N–H and O–H groups in total. The van der Waals surface area contributed by atoms with E-state index in [2.05, 4.69) is 10.6 Å². The second-order valence-electron chi connectivity index (χ2n) is 4.61. The van der Waals surface area contributed by atoms with Crippen molar-refractivity contribution in [3.63, 3.8) is 0 Å². The number of carbonyl (C=O) groups excluding carboxylic acids is 1. The molecule has 0 bridgehead atoms. The van der Waals surface area contributed by atoms with Gasteiger partial charge < -0.3 is 21.1 Å². The number of carbonyl (C=O) groups is 1. The Morgan fingerprint density at radius 1 is 1.55 bits per heavy atom. The van der Waals surface area contributed by atoms with Crippen molar-refractivity contribution < 1.29 is 13.9 Å². The van der Waals surface area contributed by atoms with Gasteiger partial charge in [-0.05, 0) is 12.5 Å². The average Bonchev–Trinajstić information content (AvgIpc) is 2.90. The van der Waals surface area contributed by atoms with Gasteiger partial charge in [-0.25, -0.2) is 9.18 Å². The fourth-order valence-corrected chi connectivity index (χ4v) is 1.92. The van der Waals surface area contributed by atoms with Crippen molar-refractivity contribution in [3.05, 3.63) is 35.1 Å². The molecule has 1 aliphatic heterocycles. The maximum absolute atomic E-state index is 13.7. The fourth-order valence-electron chi connectivity index (χ4n) is 1.92. The molecule has 0 spiro atoms. The molecule has 2 amide bonds. The van der Waals surface area contributed by atoms with Crippen molar-refractivity contribution in [2.45, 2.75) is 19.0 Å². The zero-order chi connectivity index (χ0) is 14.5. The third-order valence-electron chi connectivity index (χ3n) is 3.07. The molecule has 108 valence electrons. The van der Waals surface area contributed by atoms with Gasteiger partial charge in [0, 0.05) is 24.3 Å². The van der Waals surface area contributed by atoms with Gasteiger partial charge in [0.1, 0.15) is 11.7 Å². The highest BCUT2D eigenvalue weighted by molar-refractivity contribution is 5.94. The number of nitrogens with one attached hydrogen (secondary N) is 3. The lowest BCUT2D eigenvalue weighted by Gasteiger charge is -2.12. The molecular formula is C13H17FN4O2. The molecule has 0 aliphatic carbocycles. The molecule has 1 saturated heterocycles. The summed E-state index contributed by atoms with van der Waals surface area (Å²) in [4.78, 5) is 11.6. The fraction of sp³-hybridized carbons (Fsp3) is 0.385. The molecule has 1 heterocycles. The summed E-state index contributed by atoms with van der Waals surface area (Å²) in [6.07, 6.45) is 0.787. The van der Waals surface area contributed by atoms with Crippen molar-refractivity contribution >= 4 is 11.9 Å². The van der Waals surface area contributed by atoms with E-state index in [0.717, 1.165) is 6.42 Å². The summed E-state index contributed by atoms with van der Waals surface area (Å²) < 4.78 is 18.9. The number of hydrogen-bond donors (Lipinski definition) is 4. The first-order valence-corrected chi connectivity index (χ1v) is 6.31. The minimum absolute atomic E-state index is 0.0138. The molecule has 1 atom stereocenters. The second kappa shape index (κ2) is 6.33. The summed E-state index contributed by atoms with van der Waals surface area (Å²) in [7, 11) is 0. The van der Waals surface area contributed by atoms with E-state index in [0.29, 0.717) is 24.3 Å². The van der Waals surface area contributed by atoms with Gasteiger partial charge in [0.2, 0.25) is 0 Å². The Kier molecular flexibility index (Phi) is 4.52. The lowest BCUT2D eigenvalue weighted by atomic mass is 10.1. The molecule has 20 heavy (non-hydrogen) atoms. The summed E-state index contributed by atoms with van der Waals surface area (Å²) in [5.74, 6) is -0.690. The van der Waals surface area contributed by atoms with Crippen LogP contribution in [0.4, 0.5) is 9.18 Å². The van der Waals surface area contributed by atoms with Crippen LogP contribution in [0.25, 0.3) is 0 Å². The predicted molar refractivity (Wildman–Crippen MR) is 72.0 cm³/mol. The van der Waals surface area contributed by atoms with Gasteiger partial charge in [-0.3, -0.25) is 5.41 Å². The number of halogens is 1. The molecule has 0 aromatic heterocycles. The van der Waals surface area contributed by atoms with Crippen molar-refractivity contribution in [1.29, 1.82) is 5.41 Å². The van der Waals surface area contributed by atoms with E-state index < -0.39 is 5.82 Å². The van der Waals surface area contributed by atoms with Gasteiger partial charge in [-0.15, -0.1) is 0 Å². The van der Waals surface area contributed by atoms with E-state index >= 15 is 0 Å². The standard InChI is InChI=1S/C13H17FN4O2/c14-11-5-8(12(15)16)1-2-9(11)6-17-13(19)18-10-3-4-20-7-10/h1-2,5,10H,3-4,6-7H2,(H3,15,16)(H2,17,18,19). The Morgan fingerprint density at radius 3 is 2.95 bits per heavy atom. The Labute approximate surface area is 116 Å². The zero-order valence-corrected chi connectivity index (χ0v) is 10.9. The Balaban J connectivity index is 1.86. The number of hydrogen-bond acceptors (Lipinski definition) is 3. The predicted octanol–water partition coefficient (Wildman–Crippen LogP) is 0.698. The van der Waals surface area contributed by atoms with Crippen LogP contribution in [0.5, 0.6) is 0 Å². The molecule has 0 saturated carbocycles. The highest BCUT2D eigenvalue weighted by Crippen LogP contribution is 2.10. The monoisotopic (exact) mass is 280 g/mol. The molecule has 1 unspecified atom stereocenters. The first-order chi connectivity index (χ1) is 9.56. The smallest absolute Gasteiger partial charge is 0.315 e. The number of benzene rings is 1. The molecule has 7 heteroatoms. The minimum atomic E-state index is -0.498. The third-order valence-corrected chi connectivity index (χ3v) is 3.07. The van der Waals surface area contributed by atoms with Crippen LogP contribution >= 0.6 is 0 Å². The van der Waals surface area contributed by atoms with Crippen LogP contribution in [0.3, 0.4) is 0 Å². The average molecular weight is 280 g/mol. The van der Waals surface area contributed by atoms with Crippen LogP contribution in [-0.2, 0) is 11.3 Å². The molecule has 0 radical (unpaired) electrons. The van der Waals surface area contributed by atoms with E-state index in [-0.39, 0.29) is 24.5 Å². The van der Waals surface area contributed by atoms with Crippen LogP contribution in [-0.4, -0.2) is 31.1 Å². The zero-order valence-electron chi connectivity index (χ0n) is 10.9. The van der Waals surface area contributed by atoms with Gasteiger partial charge in [0.15, 0.2) is 0 Å². The van der Waals surface area contributed by atoms with Crippen LogP contribution in [0.2, 0.25) is 0 Å². The minimum Gasteiger partial charge on any atom is -0.384 e. The van der Waals surface area contributed by atoms with Gasteiger partial charge in [-0.1, -0.05) is 12.1 Å². The normalized spacial score (nSPS) is 17.8. The van der Waals surface area contributed by atoms with E-state index in [1.165, 1.54) is 12.1 Å². The first-order valence-electron chi connectivity index (χ1n) is 6.31. The Morgan fingerprint density at radius 2 is 2.35 bits per heavy atom. The topological polar surface area (TPSA) is 100 Å². The van der Waals surface area contributed by atoms with E-state index in [1.807, 2.05) is 0 Å². The quantitative estimate of drug-likeness (QED) is 0.482. The van der Waals surface area contributed by atoms with Crippen molar-refractivity contribution in [3.8, 4) is 0 Å². The van der Waals surface area contributed by atoms with Crippen LogP contribution < -0.4 is 16.4 Å². The Hall–Kier alpha value is -2.15. The first kappa shape index (κ1) is 14.3. The number of rotatable bonds is 4. The number of amidine groups is 1. The molecule has 1 aromatic carbocycles. The molecule has 1 aliphatic rings. The summed E-state index contributed by atoms with van der Waals surface area (Å²) in [5.41, 5.74) is 5.93. The third kappa shape index (κ3) is 3.67. The van der Waals surface area contributed by atoms with Crippen LogP contribution in [0.15, 0.2) is 18.2 Å². The maximum Gasteiger partial charge on any atom is 0.315 e. The summed E-state index contributed by atoms with van der Waals surface area (Å²) in [5, 5.41) is 12.5. The van der Waals surface area contributed by atoms with Gasteiger partial charge >= 0.3 is 6.03 Å². The number of urea groups is 1. The van der Waals surface area contributed by atoms with Crippen molar-refractivity contribution in [2.75, 3.05) is 13.2 Å². The van der Waals surface area contributed by atoms with E-state index in [1.54, 1.807) is 6.07 Å². The van der Waals surface area contributed by atoms with Crippen LogP contribution in [0, 0.1) is 11.2 Å². The SMILES string of the molecule is N=C(N)c1ccc(CNC(=O)NC2CCOC2)c(F)c1. The van der Waals surface area contributed by atoms with E-state index in [9.17, 15) is 9.18 Å². The van der Waals surface area contributed by atoms with Gasteiger partial charge in [-0.2, -0.15) is 0 Å². The van der Waals surface area contributed by atoms with E-state index in [4.69, 9.17) is 15.9 Å². The summed E-state index contributed by atoms with van der Waals surface area (Å²) in [6.45, 7) is 1.23. The molecule has 6 nitrogen and oxygen atoms in total. The number of amides is 2. The maximum atomic E-state index is 13.7. The lowest BCUT2D eigenvalue weighted by Crippen LogP contribution is -2.42. The molecular weight excluding hydrogens is 263 g/mol. The number of ether oxygens (including phenoxy) is 1. The Bertz CT molecular complexity index is 515. The largest absolute Gasteiger partial charge is 0.384 e. The molecule has 2 rings (SSSR count). The van der Waals surface area contributed by atoms with Crippen molar-refractivity contribution in [2.24, 2.45) is 5.73 Å². The van der Waals surface area contributed by atoms with Gasteiger partial charge in [0.25, 0.3) is 0 Å². The van der Waals surface area contributed by atoms with Crippen molar-refractivity contribution in [1.82, 2.24) is 10.6 Å². The summed E-state index contributed by atoms with van der Waals surface area (Å²) in [6, 6.07) is 3.90. The van der Waals surface area contributed by atoms with Gasteiger partial charge in [0.05, 0.1) is 12.6 Å². The molecule has 1 fully saturated rings. The van der Waals surface area contributed by atoms with Crippen LogP contribution in [0.1, 0.15) is 17.5 Å².